The van der Waals surface area contributed by atoms with Crippen LogP contribution in [0.1, 0.15) is 70.6 Å². The molecule has 0 radical (unpaired) electrons. The van der Waals surface area contributed by atoms with Crippen molar-refractivity contribution in [2.24, 2.45) is 0 Å². The van der Waals surface area contributed by atoms with Crippen molar-refractivity contribution >= 4 is 33.7 Å². The molecule has 1 spiro atoms. The zero-order chi connectivity index (χ0) is 24.5. The van der Waals surface area contributed by atoms with E-state index in [4.69, 9.17) is 4.74 Å². The first-order valence-electron chi connectivity index (χ1n) is 12.4. The van der Waals surface area contributed by atoms with Crippen LogP contribution in [0.2, 0.25) is 0 Å². The first-order chi connectivity index (χ1) is 16.1. The number of hydrogen-bond acceptors (Lipinski definition) is 7. The van der Waals surface area contributed by atoms with Gasteiger partial charge in [-0.05, 0) is 32.1 Å². The number of nitrogens with zero attached hydrogens (tertiary/aromatic N) is 3. The summed E-state index contributed by atoms with van der Waals surface area (Å²) in [6.07, 6.45) is 8.92. The van der Waals surface area contributed by atoms with Crippen LogP contribution in [0.15, 0.2) is 0 Å². The third kappa shape index (κ3) is 4.81. The van der Waals surface area contributed by atoms with E-state index < -0.39 is 52.5 Å². The Hall–Kier alpha value is -2.17. The lowest BCUT2D eigenvalue weighted by molar-refractivity contribution is -0.156. The molecule has 2 saturated heterocycles. The molecule has 10 nitrogen and oxygen atoms in total. The minimum Gasteiger partial charge on any atom is -0.454 e. The van der Waals surface area contributed by atoms with Gasteiger partial charge in [0.25, 0.3) is 11.8 Å². The number of imide groups is 1. The summed E-state index contributed by atoms with van der Waals surface area (Å²) in [6.45, 7) is -1.05. The van der Waals surface area contributed by atoms with Crippen molar-refractivity contribution in [1.82, 2.24) is 14.7 Å². The average molecular weight is 498 g/mol. The fraction of sp³-hybridized carbons (Fsp3) is 0.826. The lowest BCUT2D eigenvalue weighted by Gasteiger charge is -2.38. The minimum atomic E-state index is -3.18. The van der Waals surface area contributed by atoms with Crippen LogP contribution >= 0.6 is 0 Å². The van der Waals surface area contributed by atoms with Crippen LogP contribution in [0.5, 0.6) is 0 Å². The van der Waals surface area contributed by atoms with E-state index in [1.807, 2.05) is 0 Å². The van der Waals surface area contributed by atoms with E-state index in [0.29, 0.717) is 19.3 Å². The standard InChI is InChI=1S/C23H35N3O7S/c1-24-22(30)25(21(29)23(24)11-6-3-7-12-23)14-20(28)33-15-19(27)26(17-8-4-2-5-9-17)18-10-13-34(31,32)16-18/h17-18H,2-16H2,1H3. The fourth-order valence-electron chi connectivity index (χ4n) is 6.12. The number of urea groups is 1. The number of hydrogen-bond donors (Lipinski definition) is 0. The summed E-state index contributed by atoms with van der Waals surface area (Å²) in [5.74, 6) is -1.61. The van der Waals surface area contributed by atoms with Gasteiger partial charge < -0.3 is 14.5 Å². The molecular formula is C23H35N3O7S. The van der Waals surface area contributed by atoms with Gasteiger partial charge in [0, 0.05) is 19.1 Å². The van der Waals surface area contributed by atoms with Crippen LogP contribution in [0.3, 0.4) is 0 Å². The molecule has 0 aromatic carbocycles. The average Bonchev–Trinajstić information content (AvgIpc) is 3.26. The highest BCUT2D eigenvalue weighted by Crippen LogP contribution is 2.39. The van der Waals surface area contributed by atoms with Crippen molar-refractivity contribution in [2.45, 2.75) is 88.3 Å². The van der Waals surface area contributed by atoms with Crippen molar-refractivity contribution in [3.05, 3.63) is 0 Å². The lowest BCUT2D eigenvalue weighted by Crippen LogP contribution is -2.50. The van der Waals surface area contributed by atoms with Crippen molar-refractivity contribution < 1.29 is 32.3 Å². The molecule has 1 unspecified atom stereocenters. The van der Waals surface area contributed by atoms with Gasteiger partial charge in [-0.15, -0.1) is 0 Å². The number of likely N-dealkylation sites (N-methyl/N-ethyl adjacent to an activating group) is 1. The summed E-state index contributed by atoms with van der Waals surface area (Å²) in [6, 6.07) is -0.976. The van der Waals surface area contributed by atoms with Crippen LogP contribution < -0.4 is 0 Å². The van der Waals surface area contributed by atoms with Crippen LogP contribution in [0.25, 0.3) is 0 Å². The first-order valence-corrected chi connectivity index (χ1v) is 14.2. The third-order valence-electron chi connectivity index (χ3n) is 7.99. The molecule has 0 bridgehead atoms. The summed E-state index contributed by atoms with van der Waals surface area (Å²) < 4.78 is 29.3. The molecule has 190 valence electrons. The largest absolute Gasteiger partial charge is 0.454 e. The Morgan fingerprint density at radius 3 is 2.26 bits per heavy atom. The number of carbonyl (C=O) groups excluding carboxylic acids is 4. The Balaban J connectivity index is 1.37. The normalized spacial score (nSPS) is 26.8. The van der Waals surface area contributed by atoms with Crippen LogP contribution in [0.4, 0.5) is 4.79 Å². The van der Waals surface area contributed by atoms with Gasteiger partial charge >= 0.3 is 12.0 Å². The molecule has 0 aromatic rings. The van der Waals surface area contributed by atoms with Crippen LogP contribution in [-0.2, 0) is 29.0 Å². The fourth-order valence-corrected chi connectivity index (χ4v) is 7.83. The molecule has 0 aromatic heterocycles. The Morgan fingerprint density at radius 2 is 1.65 bits per heavy atom. The summed E-state index contributed by atoms with van der Waals surface area (Å²) in [7, 11) is -1.58. The lowest BCUT2D eigenvalue weighted by atomic mass is 9.81. The topological polar surface area (TPSA) is 121 Å². The number of ether oxygens (including phenoxy) is 1. The Kier molecular flexibility index (Phi) is 7.21. The monoisotopic (exact) mass is 497 g/mol. The predicted octanol–water partition coefficient (Wildman–Crippen LogP) is 1.47. The van der Waals surface area contributed by atoms with Crippen LogP contribution in [-0.4, -0.2) is 96.3 Å². The SMILES string of the molecule is CN1C(=O)N(CC(=O)OCC(=O)N(C2CCCCC2)C2CCS(=O)(=O)C2)C(=O)C12CCCCC2. The second-order valence-electron chi connectivity index (χ2n) is 10.1. The maximum Gasteiger partial charge on any atom is 0.327 e. The number of amides is 4. The highest BCUT2D eigenvalue weighted by Gasteiger charge is 2.56. The number of sulfone groups is 1. The van der Waals surface area contributed by atoms with Crippen LogP contribution in [0, 0.1) is 0 Å². The van der Waals surface area contributed by atoms with Gasteiger partial charge in [0.2, 0.25) is 0 Å². The minimum absolute atomic E-state index is 0.0557. The van der Waals surface area contributed by atoms with Crippen molar-refractivity contribution in [1.29, 1.82) is 0 Å². The Labute approximate surface area is 200 Å². The molecule has 2 heterocycles. The Bertz CT molecular complexity index is 938. The summed E-state index contributed by atoms with van der Waals surface area (Å²) >= 11 is 0. The quantitative estimate of drug-likeness (QED) is 0.402. The molecular weight excluding hydrogens is 462 g/mol. The van der Waals surface area contributed by atoms with E-state index >= 15 is 0 Å². The summed E-state index contributed by atoms with van der Waals surface area (Å²) in [5.41, 5.74) is -0.878. The predicted molar refractivity (Wildman–Crippen MR) is 122 cm³/mol. The van der Waals surface area contributed by atoms with Gasteiger partial charge in [-0.1, -0.05) is 38.5 Å². The van der Waals surface area contributed by atoms with E-state index in [2.05, 4.69) is 0 Å². The molecule has 4 fully saturated rings. The Morgan fingerprint density at radius 1 is 1.00 bits per heavy atom. The van der Waals surface area contributed by atoms with E-state index in [9.17, 15) is 27.6 Å². The molecule has 2 aliphatic carbocycles. The maximum atomic E-state index is 13.1. The van der Waals surface area contributed by atoms with Crippen molar-refractivity contribution in [3.8, 4) is 0 Å². The van der Waals surface area contributed by atoms with E-state index in [1.54, 1.807) is 11.9 Å². The zero-order valence-electron chi connectivity index (χ0n) is 19.9. The third-order valence-corrected chi connectivity index (χ3v) is 9.74. The first kappa shape index (κ1) is 24.9. The summed E-state index contributed by atoms with van der Waals surface area (Å²) in [4.78, 5) is 55.4. The van der Waals surface area contributed by atoms with E-state index in [0.717, 1.165) is 56.3 Å². The highest BCUT2D eigenvalue weighted by molar-refractivity contribution is 7.91. The second kappa shape index (κ2) is 9.83. The van der Waals surface area contributed by atoms with Gasteiger partial charge in [-0.3, -0.25) is 19.3 Å². The molecule has 2 saturated carbocycles. The van der Waals surface area contributed by atoms with Crippen molar-refractivity contribution in [2.75, 3.05) is 31.7 Å². The molecule has 4 aliphatic rings. The molecule has 4 amide bonds. The van der Waals surface area contributed by atoms with Gasteiger partial charge in [0.05, 0.1) is 11.5 Å². The van der Waals surface area contributed by atoms with Gasteiger partial charge in [0.1, 0.15) is 12.1 Å². The number of carbonyl (C=O) groups is 4. The van der Waals surface area contributed by atoms with E-state index in [-0.39, 0.29) is 23.5 Å². The van der Waals surface area contributed by atoms with Gasteiger partial charge in [0.15, 0.2) is 16.4 Å². The second-order valence-corrected chi connectivity index (χ2v) is 12.4. The number of esters is 1. The zero-order valence-corrected chi connectivity index (χ0v) is 20.7. The molecule has 0 N–H and O–H groups in total. The number of rotatable bonds is 6. The van der Waals surface area contributed by atoms with E-state index in [1.165, 1.54) is 4.90 Å². The molecule has 11 heteroatoms. The van der Waals surface area contributed by atoms with Gasteiger partial charge in [-0.25, -0.2) is 13.2 Å². The summed E-state index contributed by atoms with van der Waals surface area (Å²) in [5, 5.41) is 0. The smallest absolute Gasteiger partial charge is 0.327 e. The van der Waals surface area contributed by atoms with Gasteiger partial charge in [-0.2, -0.15) is 0 Å². The molecule has 4 rings (SSSR count). The molecule has 34 heavy (non-hydrogen) atoms. The highest BCUT2D eigenvalue weighted by atomic mass is 32.2. The maximum absolute atomic E-state index is 13.1. The molecule has 2 aliphatic heterocycles. The molecule has 1 atom stereocenters. The van der Waals surface area contributed by atoms with Crippen molar-refractivity contribution in [3.63, 3.8) is 0 Å².